The zero-order chi connectivity index (χ0) is 14.7. The van der Waals surface area contributed by atoms with Crippen LogP contribution in [0.1, 0.15) is 24.8 Å². The van der Waals surface area contributed by atoms with Crippen LogP contribution in [0.4, 0.5) is 4.79 Å². The number of rotatable bonds is 3. The number of carbonyl (C=O) groups excluding carboxylic acids is 2. The molecule has 1 aliphatic rings. The minimum Gasteiger partial charge on any atom is -0.425 e. The van der Waals surface area contributed by atoms with Crippen molar-refractivity contribution in [3.63, 3.8) is 0 Å². The first kappa shape index (κ1) is 15.0. The largest absolute Gasteiger partial charge is 0.425 e. The van der Waals surface area contributed by atoms with Crippen molar-refractivity contribution in [3.8, 4) is 0 Å². The number of hydrogen-bond donors (Lipinski definition) is 2. The Labute approximate surface area is 126 Å². The standard InChI is InChI=1S/C13H15ClN2O3S/c1-7(2)15-13(18)19-12-10(17)16-11(20-12)8-4-3-5-9(14)6-8/h3-7,11-12H,1-2H3,(H,15,18)(H,16,17). The number of ether oxygens (including phenoxy) is 1. The molecule has 1 aliphatic heterocycles. The first-order chi connectivity index (χ1) is 9.45. The molecule has 108 valence electrons. The molecule has 0 spiro atoms. The van der Waals surface area contributed by atoms with Crippen molar-refractivity contribution in [1.29, 1.82) is 0 Å². The first-order valence-electron chi connectivity index (χ1n) is 6.14. The molecular formula is C13H15ClN2O3S. The van der Waals surface area contributed by atoms with Gasteiger partial charge in [-0.05, 0) is 31.5 Å². The van der Waals surface area contributed by atoms with Crippen molar-refractivity contribution in [3.05, 3.63) is 34.9 Å². The Morgan fingerprint density at radius 1 is 1.50 bits per heavy atom. The van der Waals surface area contributed by atoms with Gasteiger partial charge in [-0.3, -0.25) is 4.79 Å². The summed E-state index contributed by atoms with van der Waals surface area (Å²) in [4.78, 5) is 23.3. The van der Waals surface area contributed by atoms with E-state index in [1.54, 1.807) is 12.1 Å². The van der Waals surface area contributed by atoms with E-state index in [0.29, 0.717) is 5.02 Å². The van der Waals surface area contributed by atoms with E-state index in [4.69, 9.17) is 16.3 Å². The molecule has 1 aromatic rings. The van der Waals surface area contributed by atoms with Gasteiger partial charge >= 0.3 is 6.09 Å². The fraction of sp³-hybridized carbons (Fsp3) is 0.385. The van der Waals surface area contributed by atoms with Gasteiger partial charge in [-0.15, -0.1) is 0 Å². The fourth-order valence-corrected chi connectivity index (χ4v) is 2.96. The minimum absolute atomic E-state index is 0.0410. The second-order valence-corrected chi connectivity index (χ2v) is 6.22. The van der Waals surface area contributed by atoms with Crippen molar-refractivity contribution < 1.29 is 14.3 Å². The molecule has 7 heteroatoms. The van der Waals surface area contributed by atoms with E-state index >= 15 is 0 Å². The highest BCUT2D eigenvalue weighted by Crippen LogP contribution is 2.36. The lowest BCUT2D eigenvalue weighted by Gasteiger charge is -2.12. The topological polar surface area (TPSA) is 67.4 Å². The molecule has 0 radical (unpaired) electrons. The molecule has 0 bridgehead atoms. The molecule has 1 aromatic carbocycles. The molecule has 2 rings (SSSR count). The minimum atomic E-state index is -0.849. The molecule has 5 nitrogen and oxygen atoms in total. The molecule has 2 N–H and O–H groups in total. The van der Waals surface area contributed by atoms with E-state index in [0.717, 1.165) is 5.56 Å². The van der Waals surface area contributed by atoms with E-state index in [9.17, 15) is 9.59 Å². The number of hydrogen-bond acceptors (Lipinski definition) is 4. The van der Waals surface area contributed by atoms with Crippen LogP contribution in [-0.4, -0.2) is 23.5 Å². The third-order valence-corrected chi connectivity index (χ3v) is 3.97. The zero-order valence-electron chi connectivity index (χ0n) is 11.1. The van der Waals surface area contributed by atoms with E-state index < -0.39 is 11.5 Å². The summed E-state index contributed by atoms with van der Waals surface area (Å²) in [7, 11) is 0. The highest BCUT2D eigenvalue weighted by Gasteiger charge is 2.36. The van der Waals surface area contributed by atoms with Crippen LogP contribution in [0.3, 0.4) is 0 Å². The summed E-state index contributed by atoms with van der Waals surface area (Å²) in [5.74, 6) is -0.320. The van der Waals surface area contributed by atoms with Crippen molar-refractivity contribution >= 4 is 35.4 Å². The van der Waals surface area contributed by atoms with Crippen LogP contribution in [0.5, 0.6) is 0 Å². The molecule has 2 unspecified atom stereocenters. The lowest BCUT2D eigenvalue weighted by molar-refractivity contribution is -0.124. The third-order valence-electron chi connectivity index (χ3n) is 2.52. The molecule has 20 heavy (non-hydrogen) atoms. The first-order valence-corrected chi connectivity index (χ1v) is 7.46. The number of amides is 2. The van der Waals surface area contributed by atoms with Crippen LogP contribution in [0.15, 0.2) is 24.3 Å². The monoisotopic (exact) mass is 314 g/mol. The molecule has 1 heterocycles. The average Bonchev–Trinajstić information content (AvgIpc) is 2.70. The molecule has 0 saturated carbocycles. The highest BCUT2D eigenvalue weighted by molar-refractivity contribution is 8.01. The normalized spacial score (nSPS) is 21.7. The molecule has 2 amide bonds. The molecule has 1 fully saturated rings. The van der Waals surface area contributed by atoms with Gasteiger partial charge in [0.05, 0.1) is 0 Å². The maximum absolute atomic E-state index is 11.8. The Hall–Kier alpha value is -1.40. The Kier molecular flexibility index (Phi) is 4.77. The molecule has 1 saturated heterocycles. The summed E-state index contributed by atoms with van der Waals surface area (Å²) in [6, 6.07) is 7.16. The van der Waals surface area contributed by atoms with Gasteiger partial charge in [0.25, 0.3) is 5.91 Å². The second kappa shape index (κ2) is 6.37. The van der Waals surface area contributed by atoms with Crippen LogP contribution >= 0.6 is 23.4 Å². The van der Waals surface area contributed by atoms with Gasteiger partial charge in [0.2, 0.25) is 5.44 Å². The highest BCUT2D eigenvalue weighted by atomic mass is 35.5. The summed E-state index contributed by atoms with van der Waals surface area (Å²) in [5.41, 5.74) is 0.0175. The zero-order valence-corrected chi connectivity index (χ0v) is 12.6. The van der Waals surface area contributed by atoms with Crippen molar-refractivity contribution in [1.82, 2.24) is 10.6 Å². The van der Waals surface area contributed by atoms with Gasteiger partial charge in [-0.25, -0.2) is 4.79 Å². The molecule has 0 aromatic heterocycles. The van der Waals surface area contributed by atoms with Crippen LogP contribution in [0.2, 0.25) is 5.02 Å². The predicted molar refractivity (Wildman–Crippen MR) is 78.5 cm³/mol. The van der Waals surface area contributed by atoms with Gasteiger partial charge in [-0.2, -0.15) is 0 Å². The SMILES string of the molecule is CC(C)NC(=O)OC1SC(c2cccc(Cl)c2)NC1=O. The molecule has 0 aliphatic carbocycles. The van der Waals surface area contributed by atoms with Crippen molar-refractivity contribution in [2.24, 2.45) is 0 Å². The lowest BCUT2D eigenvalue weighted by Crippen LogP contribution is -2.35. The lowest BCUT2D eigenvalue weighted by atomic mass is 10.2. The maximum Gasteiger partial charge on any atom is 0.408 e. The van der Waals surface area contributed by atoms with Crippen LogP contribution in [-0.2, 0) is 9.53 Å². The smallest absolute Gasteiger partial charge is 0.408 e. The second-order valence-electron chi connectivity index (χ2n) is 4.62. The fourth-order valence-electron chi connectivity index (χ4n) is 1.70. The Balaban J connectivity index is 1.98. The summed E-state index contributed by atoms with van der Waals surface area (Å²) >= 11 is 7.15. The van der Waals surface area contributed by atoms with Gasteiger partial charge in [0, 0.05) is 11.1 Å². The van der Waals surface area contributed by atoms with Gasteiger partial charge < -0.3 is 15.4 Å². The Bertz CT molecular complexity index is 524. The molecule has 2 atom stereocenters. The average molecular weight is 315 g/mol. The van der Waals surface area contributed by atoms with Gasteiger partial charge in [0.1, 0.15) is 5.37 Å². The number of thioether (sulfide) groups is 1. The van der Waals surface area contributed by atoms with E-state index in [1.165, 1.54) is 11.8 Å². The maximum atomic E-state index is 11.8. The number of carbonyl (C=O) groups is 2. The number of nitrogens with one attached hydrogen (secondary N) is 2. The van der Waals surface area contributed by atoms with Crippen LogP contribution in [0, 0.1) is 0 Å². The quantitative estimate of drug-likeness (QED) is 0.900. The molecular weight excluding hydrogens is 300 g/mol. The van der Waals surface area contributed by atoms with Crippen molar-refractivity contribution in [2.45, 2.75) is 30.7 Å². The third kappa shape index (κ3) is 3.80. The summed E-state index contributed by atoms with van der Waals surface area (Å²) in [5, 5.41) is 5.68. The van der Waals surface area contributed by atoms with E-state index in [-0.39, 0.29) is 17.3 Å². The van der Waals surface area contributed by atoms with Gasteiger partial charge in [-0.1, -0.05) is 35.5 Å². The van der Waals surface area contributed by atoms with E-state index in [1.807, 2.05) is 26.0 Å². The van der Waals surface area contributed by atoms with Crippen LogP contribution in [0.25, 0.3) is 0 Å². The number of benzene rings is 1. The Morgan fingerprint density at radius 3 is 2.90 bits per heavy atom. The number of alkyl carbamates (subject to hydrolysis) is 1. The summed E-state index contributed by atoms with van der Waals surface area (Å²) < 4.78 is 5.08. The predicted octanol–water partition coefficient (Wildman–Crippen LogP) is 2.66. The number of halogens is 1. The van der Waals surface area contributed by atoms with Crippen LogP contribution < -0.4 is 10.6 Å². The van der Waals surface area contributed by atoms with E-state index in [2.05, 4.69) is 10.6 Å². The Morgan fingerprint density at radius 2 is 2.25 bits per heavy atom. The summed E-state index contributed by atoms with van der Waals surface area (Å²) in [6.07, 6.45) is -0.598. The van der Waals surface area contributed by atoms with Crippen molar-refractivity contribution in [2.75, 3.05) is 0 Å². The van der Waals surface area contributed by atoms with Gasteiger partial charge in [0.15, 0.2) is 0 Å². The summed E-state index contributed by atoms with van der Waals surface area (Å²) in [6.45, 7) is 3.63.